The lowest BCUT2D eigenvalue weighted by molar-refractivity contribution is 0.392. The summed E-state index contributed by atoms with van der Waals surface area (Å²) in [5, 5.41) is 4.69. The lowest BCUT2D eigenvalue weighted by atomic mass is 9.79. The largest absolute Gasteiger partial charge is 0.310 e. The molecule has 1 N–H and O–H groups in total. The van der Waals surface area contributed by atoms with Crippen molar-refractivity contribution in [2.24, 2.45) is 16.4 Å². The minimum Gasteiger partial charge on any atom is -0.310 e. The van der Waals surface area contributed by atoms with Gasteiger partial charge in [0, 0.05) is 12.3 Å². The van der Waals surface area contributed by atoms with Crippen molar-refractivity contribution < 1.29 is 0 Å². The lowest BCUT2D eigenvalue weighted by Gasteiger charge is -2.28. The van der Waals surface area contributed by atoms with Gasteiger partial charge in [0.15, 0.2) is 0 Å². The average molecular weight is 238 g/mol. The predicted octanol–water partition coefficient (Wildman–Crippen LogP) is 4.36. The minimum atomic E-state index is 0.351. The number of nitrogens with one attached hydrogen (secondary N) is 1. The fourth-order valence-corrected chi connectivity index (χ4v) is 2.52. The molecule has 0 bridgehead atoms. The molecule has 100 valence electrons. The maximum absolute atomic E-state index is 4.69. The Bertz CT molecular complexity index is 232. The highest BCUT2D eigenvalue weighted by Crippen LogP contribution is 2.30. The van der Waals surface area contributed by atoms with E-state index < -0.39 is 0 Å². The van der Waals surface area contributed by atoms with E-state index >= 15 is 0 Å². The van der Waals surface area contributed by atoms with Crippen molar-refractivity contribution in [3.05, 3.63) is 0 Å². The molecule has 2 nitrogen and oxygen atoms in total. The van der Waals surface area contributed by atoms with Crippen LogP contribution in [-0.2, 0) is 0 Å². The third-order valence-corrected chi connectivity index (χ3v) is 3.37. The molecule has 1 aliphatic rings. The van der Waals surface area contributed by atoms with Crippen LogP contribution in [0.3, 0.4) is 0 Å². The van der Waals surface area contributed by atoms with Crippen molar-refractivity contribution >= 4 is 5.71 Å². The van der Waals surface area contributed by atoms with Crippen molar-refractivity contribution in [3.8, 4) is 0 Å². The molecule has 0 aliphatic heterocycles. The van der Waals surface area contributed by atoms with Gasteiger partial charge < -0.3 is 5.43 Å². The monoisotopic (exact) mass is 238 g/mol. The van der Waals surface area contributed by atoms with Crippen molar-refractivity contribution in [1.29, 1.82) is 0 Å². The molecule has 1 saturated carbocycles. The average Bonchev–Trinajstić information content (AvgIpc) is 2.28. The molecule has 0 aromatic rings. The first-order valence-corrected chi connectivity index (χ1v) is 7.32. The molecule has 0 heterocycles. The Morgan fingerprint density at radius 3 is 2.35 bits per heavy atom. The first-order chi connectivity index (χ1) is 8.03. The van der Waals surface area contributed by atoms with Gasteiger partial charge in [-0.25, -0.2) is 0 Å². The molecule has 0 amide bonds. The minimum absolute atomic E-state index is 0.351. The van der Waals surface area contributed by atoms with Gasteiger partial charge in [0.25, 0.3) is 0 Å². The third kappa shape index (κ3) is 6.09. The molecule has 0 saturated heterocycles. The topological polar surface area (TPSA) is 24.4 Å². The Balaban J connectivity index is 2.59. The highest BCUT2D eigenvalue weighted by molar-refractivity contribution is 5.87. The Morgan fingerprint density at radius 1 is 1.18 bits per heavy atom. The summed E-state index contributed by atoms with van der Waals surface area (Å²) in [5.41, 5.74) is 5.02. The van der Waals surface area contributed by atoms with Crippen molar-refractivity contribution in [1.82, 2.24) is 5.43 Å². The molecule has 1 fully saturated rings. The van der Waals surface area contributed by atoms with Crippen LogP contribution in [0.25, 0.3) is 0 Å². The second-order valence-electron chi connectivity index (χ2n) is 6.58. The van der Waals surface area contributed by atoms with Gasteiger partial charge in [-0.3, -0.25) is 0 Å². The summed E-state index contributed by atoms with van der Waals surface area (Å²) >= 11 is 0. The predicted molar refractivity (Wildman–Crippen MR) is 76.4 cm³/mol. The van der Waals surface area contributed by atoms with E-state index in [2.05, 4.69) is 38.2 Å². The number of hydrazone groups is 1. The van der Waals surface area contributed by atoms with Crippen LogP contribution in [0.4, 0.5) is 0 Å². The first kappa shape index (κ1) is 14.5. The fraction of sp³-hybridized carbons (Fsp3) is 0.933. The molecule has 2 heteroatoms. The molecule has 0 radical (unpaired) electrons. The van der Waals surface area contributed by atoms with E-state index in [1.807, 2.05) is 0 Å². The molecule has 0 atom stereocenters. The van der Waals surface area contributed by atoms with E-state index in [-0.39, 0.29) is 0 Å². The van der Waals surface area contributed by atoms with Gasteiger partial charge >= 0.3 is 0 Å². The quantitative estimate of drug-likeness (QED) is 0.429. The molecule has 1 aliphatic carbocycles. The summed E-state index contributed by atoms with van der Waals surface area (Å²) in [6, 6.07) is 0. The molecular formula is C15H30N2. The van der Waals surface area contributed by atoms with E-state index in [4.69, 9.17) is 0 Å². The zero-order valence-corrected chi connectivity index (χ0v) is 12.2. The highest BCUT2D eigenvalue weighted by atomic mass is 15.3. The third-order valence-electron chi connectivity index (χ3n) is 3.37. The fourth-order valence-electron chi connectivity index (χ4n) is 2.52. The van der Waals surface area contributed by atoms with Crippen LogP contribution in [0, 0.1) is 11.3 Å². The maximum atomic E-state index is 4.69. The van der Waals surface area contributed by atoms with Crippen molar-refractivity contribution in [2.75, 3.05) is 6.54 Å². The normalized spacial score (nSPS) is 19.4. The van der Waals surface area contributed by atoms with Gasteiger partial charge in [0.05, 0.1) is 0 Å². The highest BCUT2D eigenvalue weighted by Gasteiger charge is 2.23. The van der Waals surface area contributed by atoms with Crippen LogP contribution in [0.15, 0.2) is 5.10 Å². The van der Waals surface area contributed by atoms with Gasteiger partial charge in [-0.05, 0) is 37.0 Å². The van der Waals surface area contributed by atoms with Crippen LogP contribution < -0.4 is 5.43 Å². The van der Waals surface area contributed by atoms with E-state index in [0.29, 0.717) is 5.41 Å². The second kappa shape index (κ2) is 7.03. The number of nitrogens with zero attached hydrogens (tertiary/aromatic N) is 1. The SMILES string of the molecule is CCCNN=C(CC(C)(C)C)C1CCCCC1. The molecular weight excluding hydrogens is 208 g/mol. The van der Waals surface area contributed by atoms with Gasteiger partial charge in [0.2, 0.25) is 0 Å². The van der Waals surface area contributed by atoms with Crippen molar-refractivity contribution in [2.45, 2.75) is 72.6 Å². The standard InChI is InChI=1S/C15H30N2/c1-5-11-16-17-14(12-15(2,3)4)13-9-7-6-8-10-13/h13,16H,5-12H2,1-4H3. The zero-order chi connectivity index (χ0) is 12.7. The van der Waals surface area contributed by atoms with E-state index in [1.165, 1.54) is 37.8 Å². The summed E-state index contributed by atoms with van der Waals surface area (Å²) < 4.78 is 0. The Kier molecular flexibility index (Phi) is 6.01. The zero-order valence-electron chi connectivity index (χ0n) is 12.2. The first-order valence-electron chi connectivity index (χ1n) is 7.32. The summed E-state index contributed by atoms with van der Waals surface area (Å²) in [4.78, 5) is 0. The van der Waals surface area contributed by atoms with Crippen LogP contribution in [0.5, 0.6) is 0 Å². The summed E-state index contributed by atoms with van der Waals surface area (Å²) in [6.07, 6.45) is 9.18. The van der Waals surface area contributed by atoms with Gasteiger partial charge in [-0.15, -0.1) is 0 Å². The Morgan fingerprint density at radius 2 is 1.82 bits per heavy atom. The van der Waals surface area contributed by atoms with Crippen LogP contribution in [0.2, 0.25) is 0 Å². The molecule has 0 aromatic heterocycles. The lowest BCUT2D eigenvalue weighted by Crippen LogP contribution is -2.26. The van der Waals surface area contributed by atoms with Gasteiger partial charge in [-0.1, -0.05) is 47.0 Å². The van der Waals surface area contributed by atoms with E-state index in [0.717, 1.165) is 25.3 Å². The van der Waals surface area contributed by atoms with E-state index in [9.17, 15) is 0 Å². The molecule has 0 aromatic carbocycles. The van der Waals surface area contributed by atoms with Crippen LogP contribution >= 0.6 is 0 Å². The smallest absolute Gasteiger partial charge is 0.0414 e. The van der Waals surface area contributed by atoms with Crippen molar-refractivity contribution in [3.63, 3.8) is 0 Å². The van der Waals surface area contributed by atoms with Gasteiger partial charge in [-0.2, -0.15) is 5.10 Å². The summed E-state index contributed by atoms with van der Waals surface area (Å²) in [7, 11) is 0. The number of hydrogen-bond donors (Lipinski definition) is 1. The van der Waals surface area contributed by atoms with E-state index in [1.54, 1.807) is 0 Å². The summed E-state index contributed by atoms with van der Waals surface area (Å²) in [5.74, 6) is 0.743. The number of hydrogen-bond acceptors (Lipinski definition) is 2. The van der Waals surface area contributed by atoms with Crippen LogP contribution in [0.1, 0.15) is 72.6 Å². The molecule has 0 unspecified atom stereocenters. The molecule has 0 spiro atoms. The Labute approximate surface area is 107 Å². The number of rotatable bonds is 5. The Hall–Kier alpha value is -0.530. The van der Waals surface area contributed by atoms with Gasteiger partial charge in [0.1, 0.15) is 0 Å². The molecule has 17 heavy (non-hydrogen) atoms. The van der Waals surface area contributed by atoms with Crippen LogP contribution in [-0.4, -0.2) is 12.3 Å². The second-order valence-corrected chi connectivity index (χ2v) is 6.58. The maximum Gasteiger partial charge on any atom is 0.0414 e. The molecule has 1 rings (SSSR count). The summed E-state index contributed by atoms with van der Waals surface area (Å²) in [6.45, 7) is 10.1.